The molecule has 10 nitrogen and oxygen atoms in total. The number of nitrogens with zero attached hydrogens (tertiary/aromatic N) is 1. The molecule has 1 atom stereocenters. The summed E-state index contributed by atoms with van der Waals surface area (Å²) < 4.78 is 42.7. The van der Waals surface area contributed by atoms with E-state index in [1.165, 1.54) is 4.31 Å². The standard InChI is InChI=1S/C25H31N3O7S/c1-36(31,32)28(18-10-11-22-23(16-18)35-15-14-34-22)12-4-9-24(29)27-21-8-3-2-7-20(21)25(30)26-17-19-6-5-13-33-19/h2-3,7-8,10-11,16,19H,4-6,9,12-15,17H2,1H3,(H,26,30)(H,27,29). The molecule has 0 aromatic heterocycles. The molecule has 0 aliphatic carbocycles. The van der Waals surface area contributed by atoms with Gasteiger partial charge in [0.05, 0.1) is 29.3 Å². The number of para-hydroxylation sites is 1. The van der Waals surface area contributed by atoms with Crippen LogP contribution in [-0.2, 0) is 19.6 Å². The van der Waals surface area contributed by atoms with Crippen molar-refractivity contribution in [3.8, 4) is 11.5 Å². The molecule has 2 heterocycles. The topological polar surface area (TPSA) is 123 Å². The summed E-state index contributed by atoms with van der Waals surface area (Å²) >= 11 is 0. The van der Waals surface area contributed by atoms with Crippen LogP contribution in [0.2, 0.25) is 0 Å². The fourth-order valence-electron chi connectivity index (χ4n) is 4.17. The van der Waals surface area contributed by atoms with Gasteiger partial charge in [-0.2, -0.15) is 0 Å². The molecule has 2 N–H and O–H groups in total. The van der Waals surface area contributed by atoms with E-state index < -0.39 is 10.0 Å². The first kappa shape index (κ1) is 25.8. The molecular formula is C25H31N3O7S. The number of rotatable bonds is 10. The quantitative estimate of drug-likeness (QED) is 0.496. The Morgan fingerprint density at radius 3 is 2.58 bits per heavy atom. The number of sulfonamides is 1. The molecule has 1 fully saturated rings. The lowest BCUT2D eigenvalue weighted by Crippen LogP contribution is -2.32. The number of nitrogens with one attached hydrogen (secondary N) is 2. The summed E-state index contributed by atoms with van der Waals surface area (Å²) in [5, 5.41) is 5.64. The lowest BCUT2D eigenvalue weighted by Gasteiger charge is -2.25. The molecule has 2 aliphatic rings. The average Bonchev–Trinajstić information content (AvgIpc) is 3.38. The smallest absolute Gasteiger partial charge is 0.253 e. The Hall–Kier alpha value is -3.31. The minimum absolute atomic E-state index is 0.0164. The normalized spacial score (nSPS) is 16.9. The SMILES string of the molecule is CS(=O)(=O)N(CCCC(=O)Nc1ccccc1C(=O)NCC1CCCO1)c1ccc2c(c1)OCCO2. The predicted molar refractivity (Wildman–Crippen MR) is 135 cm³/mol. The second kappa shape index (κ2) is 11.6. The lowest BCUT2D eigenvalue weighted by molar-refractivity contribution is -0.116. The third-order valence-electron chi connectivity index (χ3n) is 5.94. The zero-order chi connectivity index (χ0) is 25.5. The number of anilines is 2. The third kappa shape index (κ3) is 6.67. The summed E-state index contributed by atoms with van der Waals surface area (Å²) in [5.74, 6) is 0.448. The number of carbonyl (C=O) groups is 2. The van der Waals surface area contributed by atoms with E-state index in [4.69, 9.17) is 14.2 Å². The Bertz CT molecular complexity index is 1200. The number of amides is 2. The summed E-state index contributed by atoms with van der Waals surface area (Å²) in [7, 11) is -3.59. The van der Waals surface area contributed by atoms with Gasteiger partial charge in [0.1, 0.15) is 13.2 Å². The number of hydrogen-bond donors (Lipinski definition) is 2. The van der Waals surface area contributed by atoms with E-state index in [0.717, 1.165) is 19.1 Å². The first-order valence-corrected chi connectivity index (χ1v) is 13.8. The van der Waals surface area contributed by atoms with E-state index in [2.05, 4.69) is 10.6 Å². The highest BCUT2D eigenvalue weighted by atomic mass is 32.2. The second-order valence-corrected chi connectivity index (χ2v) is 10.6. The molecule has 0 radical (unpaired) electrons. The monoisotopic (exact) mass is 517 g/mol. The molecule has 4 rings (SSSR count). The number of benzene rings is 2. The molecule has 0 spiro atoms. The first-order valence-electron chi connectivity index (χ1n) is 12.0. The molecule has 2 aromatic rings. The van der Waals surface area contributed by atoms with Crippen molar-refractivity contribution in [2.45, 2.75) is 31.8 Å². The molecular weight excluding hydrogens is 486 g/mol. The van der Waals surface area contributed by atoms with Crippen molar-refractivity contribution >= 4 is 33.2 Å². The highest BCUT2D eigenvalue weighted by Crippen LogP contribution is 2.34. The molecule has 0 saturated carbocycles. The average molecular weight is 518 g/mol. The van der Waals surface area contributed by atoms with Crippen molar-refractivity contribution in [3.05, 3.63) is 48.0 Å². The molecule has 2 aromatic carbocycles. The lowest BCUT2D eigenvalue weighted by atomic mass is 10.1. The van der Waals surface area contributed by atoms with E-state index in [0.29, 0.717) is 54.8 Å². The van der Waals surface area contributed by atoms with Gasteiger partial charge in [0, 0.05) is 32.2 Å². The van der Waals surface area contributed by atoms with Crippen molar-refractivity contribution < 1.29 is 32.2 Å². The zero-order valence-electron chi connectivity index (χ0n) is 20.2. The van der Waals surface area contributed by atoms with Gasteiger partial charge in [-0.25, -0.2) is 8.42 Å². The van der Waals surface area contributed by atoms with Gasteiger partial charge in [0.15, 0.2) is 11.5 Å². The van der Waals surface area contributed by atoms with Gasteiger partial charge in [0.2, 0.25) is 15.9 Å². The first-order chi connectivity index (χ1) is 17.3. The minimum atomic E-state index is -3.59. The molecule has 2 amide bonds. The summed E-state index contributed by atoms with van der Waals surface area (Å²) in [5.41, 5.74) is 1.20. The Kier molecular flexibility index (Phi) is 8.32. The fraction of sp³-hybridized carbons (Fsp3) is 0.440. The van der Waals surface area contributed by atoms with Gasteiger partial charge in [-0.05, 0) is 43.5 Å². The van der Waals surface area contributed by atoms with Crippen LogP contribution >= 0.6 is 0 Å². The van der Waals surface area contributed by atoms with Gasteiger partial charge in [0.25, 0.3) is 5.91 Å². The number of hydrogen-bond acceptors (Lipinski definition) is 7. The van der Waals surface area contributed by atoms with Crippen LogP contribution in [0.1, 0.15) is 36.0 Å². The van der Waals surface area contributed by atoms with Gasteiger partial charge < -0.3 is 24.8 Å². The predicted octanol–water partition coefficient (Wildman–Crippen LogP) is 2.55. The van der Waals surface area contributed by atoms with E-state index in [9.17, 15) is 18.0 Å². The molecule has 194 valence electrons. The molecule has 2 aliphatic heterocycles. The van der Waals surface area contributed by atoms with E-state index in [1.54, 1.807) is 42.5 Å². The van der Waals surface area contributed by atoms with Crippen LogP contribution in [0.4, 0.5) is 11.4 Å². The second-order valence-electron chi connectivity index (χ2n) is 8.71. The largest absolute Gasteiger partial charge is 0.486 e. The molecule has 1 unspecified atom stereocenters. The van der Waals surface area contributed by atoms with Gasteiger partial charge in [-0.1, -0.05) is 12.1 Å². The van der Waals surface area contributed by atoms with Crippen LogP contribution in [0, 0.1) is 0 Å². The summed E-state index contributed by atoms with van der Waals surface area (Å²) in [6.07, 6.45) is 3.38. The maximum Gasteiger partial charge on any atom is 0.253 e. The van der Waals surface area contributed by atoms with E-state index >= 15 is 0 Å². The highest BCUT2D eigenvalue weighted by molar-refractivity contribution is 7.92. The molecule has 1 saturated heterocycles. The zero-order valence-corrected chi connectivity index (χ0v) is 21.0. The summed E-state index contributed by atoms with van der Waals surface area (Å²) in [6, 6.07) is 11.7. The maximum atomic E-state index is 12.7. The van der Waals surface area contributed by atoms with Crippen LogP contribution < -0.4 is 24.4 Å². The number of ether oxygens (including phenoxy) is 3. The summed E-state index contributed by atoms with van der Waals surface area (Å²) in [4.78, 5) is 25.3. The Balaban J connectivity index is 1.34. The molecule has 0 bridgehead atoms. The van der Waals surface area contributed by atoms with Crippen molar-refractivity contribution in [3.63, 3.8) is 0 Å². The van der Waals surface area contributed by atoms with Crippen LogP contribution in [-0.4, -0.2) is 65.5 Å². The van der Waals surface area contributed by atoms with Crippen LogP contribution in [0.25, 0.3) is 0 Å². The van der Waals surface area contributed by atoms with Crippen LogP contribution in [0.5, 0.6) is 11.5 Å². The van der Waals surface area contributed by atoms with Crippen molar-refractivity contribution in [1.82, 2.24) is 5.32 Å². The third-order valence-corrected chi connectivity index (χ3v) is 7.13. The van der Waals surface area contributed by atoms with E-state index in [-0.39, 0.29) is 37.3 Å². The summed E-state index contributed by atoms with van der Waals surface area (Å²) in [6.45, 7) is 2.07. The fourth-order valence-corrected chi connectivity index (χ4v) is 5.12. The molecule has 11 heteroatoms. The Labute approximate surface area is 211 Å². The molecule has 36 heavy (non-hydrogen) atoms. The maximum absolute atomic E-state index is 12.7. The van der Waals surface area contributed by atoms with Crippen molar-refractivity contribution in [1.29, 1.82) is 0 Å². The van der Waals surface area contributed by atoms with Gasteiger partial charge in [-0.3, -0.25) is 13.9 Å². The number of fused-ring (bicyclic) bond motifs is 1. The van der Waals surface area contributed by atoms with Crippen LogP contribution in [0.15, 0.2) is 42.5 Å². The van der Waals surface area contributed by atoms with Crippen molar-refractivity contribution in [2.24, 2.45) is 0 Å². The van der Waals surface area contributed by atoms with E-state index in [1.807, 2.05) is 0 Å². The van der Waals surface area contributed by atoms with Gasteiger partial charge in [-0.15, -0.1) is 0 Å². The Morgan fingerprint density at radius 2 is 1.83 bits per heavy atom. The minimum Gasteiger partial charge on any atom is -0.486 e. The number of carbonyl (C=O) groups excluding carboxylic acids is 2. The van der Waals surface area contributed by atoms with Crippen molar-refractivity contribution in [2.75, 3.05) is 48.8 Å². The van der Waals surface area contributed by atoms with Gasteiger partial charge >= 0.3 is 0 Å². The highest BCUT2D eigenvalue weighted by Gasteiger charge is 2.22. The Morgan fingerprint density at radius 1 is 1.06 bits per heavy atom. The van der Waals surface area contributed by atoms with Crippen LogP contribution in [0.3, 0.4) is 0 Å².